The van der Waals surface area contributed by atoms with E-state index in [1.54, 1.807) is 4.90 Å². The molecule has 0 amide bonds. The fourth-order valence-corrected chi connectivity index (χ4v) is 2.48. The van der Waals surface area contributed by atoms with Crippen molar-refractivity contribution in [2.75, 3.05) is 11.4 Å². The number of fused-ring (bicyclic) bond motifs is 1. The molecule has 0 atom stereocenters. The highest BCUT2D eigenvalue weighted by atomic mass is 32.1. The molecule has 2 aromatic heterocycles. The lowest BCUT2D eigenvalue weighted by Crippen LogP contribution is -2.36. The molecule has 0 aliphatic carbocycles. The van der Waals surface area contributed by atoms with Crippen molar-refractivity contribution in [1.82, 2.24) is 9.97 Å². The first-order valence-electron chi connectivity index (χ1n) is 5.26. The van der Waals surface area contributed by atoms with Gasteiger partial charge in [0.25, 0.3) is 0 Å². The SMILES string of the molecule is CC(C)N(CC(=O)O)c1ncnc2ccsc12. The molecule has 0 aliphatic heterocycles. The third-order valence-corrected chi connectivity index (χ3v) is 3.32. The molecule has 0 aromatic carbocycles. The lowest BCUT2D eigenvalue weighted by molar-refractivity contribution is -0.135. The number of carboxylic acids is 1. The Bertz CT molecular complexity index is 538. The average Bonchev–Trinajstić information content (AvgIpc) is 2.73. The van der Waals surface area contributed by atoms with Crippen molar-refractivity contribution in [3.05, 3.63) is 17.8 Å². The molecule has 5 nitrogen and oxygen atoms in total. The lowest BCUT2D eigenvalue weighted by Gasteiger charge is -2.26. The maximum Gasteiger partial charge on any atom is 0.323 e. The quantitative estimate of drug-likeness (QED) is 0.900. The third kappa shape index (κ3) is 2.36. The highest BCUT2D eigenvalue weighted by molar-refractivity contribution is 7.17. The van der Waals surface area contributed by atoms with E-state index in [1.807, 2.05) is 25.3 Å². The molecule has 0 unspecified atom stereocenters. The number of carboxylic acid groups (broad SMARTS) is 1. The van der Waals surface area contributed by atoms with Crippen LogP contribution in [0.25, 0.3) is 10.2 Å². The molecule has 2 aromatic rings. The Kier molecular flexibility index (Phi) is 3.23. The number of nitrogens with zero attached hydrogens (tertiary/aromatic N) is 3. The van der Waals surface area contributed by atoms with Gasteiger partial charge in [0.05, 0.1) is 10.2 Å². The van der Waals surface area contributed by atoms with E-state index in [4.69, 9.17) is 5.11 Å². The summed E-state index contributed by atoms with van der Waals surface area (Å²) in [6.07, 6.45) is 1.47. The minimum absolute atomic E-state index is 0.0539. The van der Waals surface area contributed by atoms with Crippen LogP contribution in [0, 0.1) is 0 Å². The summed E-state index contributed by atoms with van der Waals surface area (Å²) < 4.78 is 0.933. The summed E-state index contributed by atoms with van der Waals surface area (Å²) in [7, 11) is 0. The molecule has 0 spiro atoms. The van der Waals surface area contributed by atoms with Crippen LogP contribution in [0.1, 0.15) is 13.8 Å². The standard InChI is InChI=1S/C11H13N3O2S/c1-7(2)14(5-9(15)16)11-10-8(3-4-17-10)12-6-13-11/h3-4,6-7H,5H2,1-2H3,(H,15,16). The number of anilines is 1. The number of thiophene rings is 1. The van der Waals surface area contributed by atoms with Crippen LogP contribution in [0.4, 0.5) is 5.82 Å². The summed E-state index contributed by atoms with van der Waals surface area (Å²) in [6.45, 7) is 3.84. The van der Waals surface area contributed by atoms with Crippen molar-refractivity contribution in [3.63, 3.8) is 0 Å². The second-order valence-corrected chi connectivity index (χ2v) is 4.86. The van der Waals surface area contributed by atoms with Crippen LogP contribution >= 0.6 is 11.3 Å². The summed E-state index contributed by atoms with van der Waals surface area (Å²) in [5, 5.41) is 10.9. The molecular weight excluding hydrogens is 238 g/mol. The third-order valence-electron chi connectivity index (χ3n) is 2.43. The van der Waals surface area contributed by atoms with Crippen molar-refractivity contribution >= 4 is 33.3 Å². The molecule has 2 heterocycles. The Balaban J connectivity index is 2.48. The van der Waals surface area contributed by atoms with Crippen molar-refractivity contribution in [3.8, 4) is 0 Å². The summed E-state index contributed by atoms with van der Waals surface area (Å²) in [6, 6.07) is 1.98. The van der Waals surface area contributed by atoms with Gasteiger partial charge in [-0.2, -0.15) is 0 Å². The minimum atomic E-state index is -0.859. The Morgan fingerprint density at radius 3 is 2.94 bits per heavy atom. The monoisotopic (exact) mass is 251 g/mol. The molecule has 2 rings (SSSR count). The molecule has 17 heavy (non-hydrogen) atoms. The second kappa shape index (κ2) is 4.67. The van der Waals surface area contributed by atoms with E-state index < -0.39 is 5.97 Å². The topological polar surface area (TPSA) is 66.3 Å². The van der Waals surface area contributed by atoms with Crippen LogP contribution in [0.5, 0.6) is 0 Å². The van der Waals surface area contributed by atoms with E-state index in [-0.39, 0.29) is 12.6 Å². The fraction of sp³-hybridized carbons (Fsp3) is 0.364. The van der Waals surface area contributed by atoms with E-state index >= 15 is 0 Å². The number of carbonyl (C=O) groups is 1. The van der Waals surface area contributed by atoms with E-state index in [0.29, 0.717) is 5.82 Å². The minimum Gasteiger partial charge on any atom is -0.480 e. The zero-order chi connectivity index (χ0) is 12.4. The molecule has 0 bridgehead atoms. The van der Waals surface area contributed by atoms with E-state index in [1.165, 1.54) is 17.7 Å². The summed E-state index contributed by atoms with van der Waals surface area (Å²) >= 11 is 1.53. The number of rotatable bonds is 4. The fourth-order valence-electron chi connectivity index (χ4n) is 1.63. The largest absolute Gasteiger partial charge is 0.480 e. The van der Waals surface area contributed by atoms with Crippen molar-refractivity contribution in [2.24, 2.45) is 0 Å². The van der Waals surface area contributed by atoms with Crippen LogP contribution in [-0.4, -0.2) is 33.6 Å². The first kappa shape index (κ1) is 11.8. The zero-order valence-electron chi connectivity index (χ0n) is 9.62. The molecular formula is C11H13N3O2S. The van der Waals surface area contributed by atoms with Gasteiger partial charge in [0, 0.05) is 6.04 Å². The summed E-state index contributed by atoms with van der Waals surface area (Å²) in [5.41, 5.74) is 0.857. The highest BCUT2D eigenvalue weighted by Crippen LogP contribution is 2.28. The summed E-state index contributed by atoms with van der Waals surface area (Å²) in [5.74, 6) is -0.163. The van der Waals surface area contributed by atoms with Crippen LogP contribution in [0.15, 0.2) is 17.8 Å². The number of hydrogen-bond acceptors (Lipinski definition) is 5. The van der Waals surface area contributed by atoms with Gasteiger partial charge < -0.3 is 10.0 Å². The first-order valence-corrected chi connectivity index (χ1v) is 6.14. The van der Waals surface area contributed by atoms with Gasteiger partial charge in [0.15, 0.2) is 5.82 Å². The van der Waals surface area contributed by atoms with Crippen molar-refractivity contribution in [2.45, 2.75) is 19.9 Å². The van der Waals surface area contributed by atoms with Gasteiger partial charge in [-0.05, 0) is 25.3 Å². The lowest BCUT2D eigenvalue weighted by atomic mass is 10.3. The molecule has 1 N–H and O–H groups in total. The smallest absolute Gasteiger partial charge is 0.323 e. The van der Waals surface area contributed by atoms with Crippen molar-refractivity contribution < 1.29 is 9.90 Å². The maximum absolute atomic E-state index is 10.9. The maximum atomic E-state index is 10.9. The van der Waals surface area contributed by atoms with Gasteiger partial charge >= 0.3 is 5.97 Å². The normalized spacial score (nSPS) is 11.0. The number of hydrogen-bond donors (Lipinski definition) is 1. The van der Waals surface area contributed by atoms with Crippen LogP contribution in [0.3, 0.4) is 0 Å². The predicted molar refractivity (Wildman–Crippen MR) is 67.5 cm³/mol. The molecule has 0 fully saturated rings. The number of aromatic nitrogens is 2. The van der Waals surface area contributed by atoms with Gasteiger partial charge in [-0.1, -0.05) is 0 Å². The Hall–Kier alpha value is -1.69. The van der Waals surface area contributed by atoms with E-state index in [9.17, 15) is 4.79 Å². The van der Waals surface area contributed by atoms with E-state index in [0.717, 1.165) is 10.2 Å². The Morgan fingerprint density at radius 2 is 2.29 bits per heavy atom. The van der Waals surface area contributed by atoms with Gasteiger partial charge in [-0.25, -0.2) is 9.97 Å². The van der Waals surface area contributed by atoms with Gasteiger partial charge in [-0.15, -0.1) is 11.3 Å². The molecule has 0 saturated carbocycles. The molecule has 6 heteroatoms. The highest BCUT2D eigenvalue weighted by Gasteiger charge is 2.18. The van der Waals surface area contributed by atoms with Gasteiger partial charge in [0.1, 0.15) is 12.9 Å². The van der Waals surface area contributed by atoms with Crippen LogP contribution in [-0.2, 0) is 4.79 Å². The van der Waals surface area contributed by atoms with Crippen LogP contribution in [0.2, 0.25) is 0 Å². The van der Waals surface area contributed by atoms with Crippen LogP contribution < -0.4 is 4.90 Å². The van der Waals surface area contributed by atoms with Gasteiger partial charge in [0.2, 0.25) is 0 Å². The average molecular weight is 251 g/mol. The Morgan fingerprint density at radius 1 is 1.53 bits per heavy atom. The zero-order valence-corrected chi connectivity index (χ0v) is 10.4. The van der Waals surface area contributed by atoms with Gasteiger partial charge in [-0.3, -0.25) is 4.79 Å². The molecule has 0 radical (unpaired) electrons. The predicted octanol–water partition coefficient (Wildman–Crippen LogP) is 1.99. The molecule has 0 aliphatic rings. The summed E-state index contributed by atoms with van der Waals surface area (Å²) in [4.78, 5) is 21.0. The van der Waals surface area contributed by atoms with E-state index in [2.05, 4.69) is 9.97 Å². The first-order chi connectivity index (χ1) is 8.09. The second-order valence-electron chi connectivity index (χ2n) is 3.95. The molecule has 0 saturated heterocycles. The molecule has 90 valence electrons. The Labute approximate surface area is 103 Å². The number of aliphatic carboxylic acids is 1. The van der Waals surface area contributed by atoms with Crippen molar-refractivity contribution in [1.29, 1.82) is 0 Å².